The van der Waals surface area contributed by atoms with E-state index in [4.69, 9.17) is 4.84 Å². The highest BCUT2D eigenvalue weighted by Crippen LogP contribution is 2.24. The minimum atomic E-state index is -0.310. The fourth-order valence-corrected chi connectivity index (χ4v) is 2.84. The smallest absolute Gasteiger partial charge is 0.269 e. The number of para-hydroxylation sites is 1. The van der Waals surface area contributed by atoms with E-state index in [1.165, 1.54) is 0 Å². The highest BCUT2D eigenvalue weighted by Gasteiger charge is 2.14. The number of carbonyl (C=O) groups is 1. The fourth-order valence-electron chi connectivity index (χ4n) is 2.84. The van der Waals surface area contributed by atoms with Crippen LogP contribution in [0.15, 0.2) is 85.2 Å². The molecule has 5 heteroatoms. The van der Waals surface area contributed by atoms with Crippen LogP contribution in [0.1, 0.15) is 15.9 Å². The summed E-state index contributed by atoms with van der Waals surface area (Å²) in [6.07, 6.45) is 3.43. The number of hydrogen-bond acceptors (Lipinski definition) is 4. The maximum Gasteiger partial charge on any atom is 0.275 e. The van der Waals surface area contributed by atoms with Gasteiger partial charge in [-0.15, -0.1) is 0 Å². The minimum Gasteiger partial charge on any atom is -0.269 e. The van der Waals surface area contributed by atoms with E-state index in [1.54, 1.807) is 18.5 Å². The number of hydrogen-bond donors (Lipinski definition) is 1. The predicted molar refractivity (Wildman–Crippen MR) is 104 cm³/mol. The van der Waals surface area contributed by atoms with Crippen LogP contribution in [0.25, 0.3) is 22.2 Å². The van der Waals surface area contributed by atoms with Crippen molar-refractivity contribution >= 4 is 16.8 Å². The van der Waals surface area contributed by atoms with Crippen LogP contribution in [-0.2, 0) is 11.4 Å². The van der Waals surface area contributed by atoms with Gasteiger partial charge in [-0.1, -0.05) is 48.5 Å². The molecule has 5 nitrogen and oxygen atoms in total. The fraction of sp³-hybridized carbons (Fsp3) is 0.0455. The minimum absolute atomic E-state index is 0.297. The van der Waals surface area contributed by atoms with E-state index >= 15 is 0 Å². The Morgan fingerprint density at radius 1 is 0.963 bits per heavy atom. The van der Waals surface area contributed by atoms with Gasteiger partial charge < -0.3 is 0 Å². The van der Waals surface area contributed by atoms with Crippen LogP contribution >= 0.6 is 0 Å². The van der Waals surface area contributed by atoms with Crippen LogP contribution < -0.4 is 5.48 Å². The highest BCUT2D eigenvalue weighted by molar-refractivity contribution is 6.06. The molecule has 0 saturated carbocycles. The van der Waals surface area contributed by atoms with Crippen molar-refractivity contribution in [3.8, 4) is 11.3 Å². The molecule has 132 valence electrons. The molecule has 0 fully saturated rings. The quantitative estimate of drug-likeness (QED) is 0.546. The van der Waals surface area contributed by atoms with Crippen molar-refractivity contribution in [2.45, 2.75) is 6.61 Å². The van der Waals surface area contributed by atoms with Crippen LogP contribution in [0.5, 0.6) is 0 Å². The Kier molecular flexibility index (Phi) is 4.85. The third kappa shape index (κ3) is 3.83. The van der Waals surface area contributed by atoms with Gasteiger partial charge in [0.15, 0.2) is 0 Å². The standard InChI is InChI=1S/C22H17N3O2/c26-22(25-27-15-16-7-2-1-3-8-16)19-13-21(17-9-6-12-23-14-17)24-20-11-5-4-10-18(19)20/h1-14H,15H2,(H,25,26). The number of hydroxylamine groups is 1. The first kappa shape index (κ1) is 16.9. The Hall–Kier alpha value is -3.57. The molecule has 1 N–H and O–H groups in total. The lowest BCUT2D eigenvalue weighted by Gasteiger charge is -2.10. The summed E-state index contributed by atoms with van der Waals surface area (Å²) in [6, 6.07) is 22.7. The lowest BCUT2D eigenvalue weighted by atomic mass is 10.0. The van der Waals surface area contributed by atoms with Gasteiger partial charge in [0.1, 0.15) is 0 Å². The second-order valence-corrected chi connectivity index (χ2v) is 6.02. The summed E-state index contributed by atoms with van der Waals surface area (Å²) in [7, 11) is 0. The summed E-state index contributed by atoms with van der Waals surface area (Å²) >= 11 is 0. The molecule has 0 aliphatic heterocycles. The zero-order chi connectivity index (χ0) is 18.5. The maximum absolute atomic E-state index is 12.8. The van der Waals surface area contributed by atoms with Gasteiger partial charge in [-0.25, -0.2) is 10.5 Å². The third-order valence-electron chi connectivity index (χ3n) is 4.16. The van der Waals surface area contributed by atoms with Crippen molar-refractivity contribution in [3.63, 3.8) is 0 Å². The lowest BCUT2D eigenvalue weighted by molar-refractivity contribution is 0.0235. The third-order valence-corrected chi connectivity index (χ3v) is 4.16. The molecule has 1 amide bonds. The summed E-state index contributed by atoms with van der Waals surface area (Å²) in [5.74, 6) is -0.310. The van der Waals surface area contributed by atoms with Gasteiger partial charge in [0.05, 0.1) is 23.4 Å². The molecule has 2 heterocycles. The van der Waals surface area contributed by atoms with Crippen molar-refractivity contribution in [2.75, 3.05) is 0 Å². The van der Waals surface area contributed by atoms with Crippen LogP contribution in [0.3, 0.4) is 0 Å². The van der Waals surface area contributed by atoms with Crippen molar-refractivity contribution in [1.82, 2.24) is 15.4 Å². The molecule has 0 radical (unpaired) electrons. The zero-order valence-corrected chi connectivity index (χ0v) is 14.5. The first-order valence-electron chi connectivity index (χ1n) is 8.57. The molecule has 4 rings (SSSR count). The lowest BCUT2D eigenvalue weighted by Crippen LogP contribution is -2.24. The molecule has 0 spiro atoms. The monoisotopic (exact) mass is 355 g/mol. The van der Waals surface area contributed by atoms with E-state index in [-0.39, 0.29) is 5.91 Å². The Labute approximate surface area is 156 Å². The first-order chi connectivity index (χ1) is 13.3. The second kappa shape index (κ2) is 7.76. The van der Waals surface area contributed by atoms with Gasteiger partial charge >= 0.3 is 0 Å². The molecule has 0 saturated heterocycles. The molecule has 2 aromatic heterocycles. The molecule has 2 aromatic carbocycles. The van der Waals surface area contributed by atoms with E-state index in [0.29, 0.717) is 17.9 Å². The SMILES string of the molecule is O=C(NOCc1ccccc1)c1cc(-c2cccnc2)nc2ccccc12. The van der Waals surface area contributed by atoms with Crippen LogP contribution in [-0.4, -0.2) is 15.9 Å². The van der Waals surface area contributed by atoms with E-state index in [0.717, 1.165) is 22.0 Å². The summed E-state index contributed by atoms with van der Waals surface area (Å²) in [5.41, 5.74) is 6.30. The van der Waals surface area contributed by atoms with Gasteiger partial charge in [-0.2, -0.15) is 0 Å². The van der Waals surface area contributed by atoms with E-state index < -0.39 is 0 Å². The summed E-state index contributed by atoms with van der Waals surface area (Å²) < 4.78 is 0. The average Bonchev–Trinajstić information content (AvgIpc) is 2.74. The van der Waals surface area contributed by atoms with E-state index in [1.807, 2.05) is 66.7 Å². The normalized spacial score (nSPS) is 10.7. The van der Waals surface area contributed by atoms with Crippen LogP contribution in [0, 0.1) is 0 Å². The van der Waals surface area contributed by atoms with Crippen LogP contribution in [0.2, 0.25) is 0 Å². The molecule has 0 aliphatic carbocycles. The Morgan fingerprint density at radius 3 is 2.59 bits per heavy atom. The maximum atomic E-state index is 12.8. The number of pyridine rings is 2. The Morgan fingerprint density at radius 2 is 1.78 bits per heavy atom. The van der Waals surface area contributed by atoms with Crippen molar-refractivity contribution in [1.29, 1.82) is 0 Å². The van der Waals surface area contributed by atoms with Gasteiger partial charge in [-0.05, 0) is 29.8 Å². The number of nitrogens with zero attached hydrogens (tertiary/aromatic N) is 2. The second-order valence-electron chi connectivity index (χ2n) is 6.02. The number of benzene rings is 2. The molecular formula is C22H17N3O2. The van der Waals surface area contributed by atoms with Crippen molar-refractivity contribution < 1.29 is 9.63 Å². The first-order valence-corrected chi connectivity index (χ1v) is 8.57. The molecule has 0 aliphatic rings. The van der Waals surface area contributed by atoms with E-state index in [9.17, 15) is 4.79 Å². The summed E-state index contributed by atoms with van der Waals surface area (Å²) in [5, 5.41) is 0.769. The number of fused-ring (bicyclic) bond motifs is 1. The highest BCUT2D eigenvalue weighted by atomic mass is 16.6. The van der Waals surface area contributed by atoms with Crippen molar-refractivity contribution in [3.05, 3.63) is 96.3 Å². The Bertz CT molecular complexity index is 1070. The van der Waals surface area contributed by atoms with E-state index in [2.05, 4.69) is 15.4 Å². The molecule has 27 heavy (non-hydrogen) atoms. The number of nitrogens with one attached hydrogen (secondary N) is 1. The van der Waals surface area contributed by atoms with Gasteiger partial charge in [0, 0.05) is 23.3 Å². The molecule has 4 aromatic rings. The Balaban J connectivity index is 1.62. The number of amides is 1. The zero-order valence-electron chi connectivity index (χ0n) is 14.5. The molecule has 0 unspecified atom stereocenters. The average molecular weight is 355 g/mol. The van der Waals surface area contributed by atoms with Crippen molar-refractivity contribution in [2.24, 2.45) is 0 Å². The molecule has 0 bridgehead atoms. The topological polar surface area (TPSA) is 64.1 Å². The summed E-state index contributed by atoms with van der Waals surface area (Å²) in [6.45, 7) is 0.297. The number of aromatic nitrogens is 2. The molecular weight excluding hydrogens is 338 g/mol. The summed E-state index contributed by atoms with van der Waals surface area (Å²) in [4.78, 5) is 26.9. The number of rotatable bonds is 5. The van der Waals surface area contributed by atoms with Gasteiger partial charge in [-0.3, -0.25) is 14.6 Å². The largest absolute Gasteiger partial charge is 0.275 e. The van der Waals surface area contributed by atoms with Crippen LogP contribution in [0.4, 0.5) is 0 Å². The van der Waals surface area contributed by atoms with Gasteiger partial charge in [0.25, 0.3) is 5.91 Å². The van der Waals surface area contributed by atoms with Gasteiger partial charge in [0.2, 0.25) is 0 Å². The number of carbonyl (C=O) groups excluding carboxylic acids is 1. The predicted octanol–water partition coefficient (Wildman–Crippen LogP) is 4.16. The molecule has 0 atom stereocenters.